The first kappa shape index (κ1) is 12.3. The van der Waals surface area contributed by atoms with E-state index in [1.165, 1.54) is 19.3 Å². The van der Waals surface area contributed by atoms with Crippen molar-refractivity contribution in [3.05, 3.63) is 0 Å². The zero-order valence-electron chi connectivity index (χ0n) is 12.1. The molecule has 0 saturated heterocycles. The van der Waals surface area contributed by atoms with Crippen LogP contribution in [0.2, 0.25) is 0 Å². The number of hydrogen-bond acceptors (Lipinski definition) is 4. The summed E-state index contributed by atoms with van der Waals surface area (Å²) in [5, 5.41) is 16.4. The molecule has 108 valence electrons. The Morgan fingerprint density at radius 1 is 1.20 bits per heavy atom. The van der Waals surface area contributed by atoms with E-state index in [-0.39, 0.29) is 11.3 Å². The maximum Gasteiger partial charge on any atom is 0.269 e. The molecule has 0 aromatic carbocycles. The van der Waals surface area contributed by atoms with Gasteiger partial charge in [-0.05, 0) is 60.5 Å². The number of anilines is 1. The third kappa shape index (κ3) is 1.70. The van der Waals surface area contributed by atoms with Gasteiger partial charge in [0.2, 0.25) is 5.91 Å². The molecule has 4 bridgehead atoms. The van der Waals surface area contributed by atoms with Gasteiger partial charge in [-0.3, -0.25) is 10.1 Å². The monoisotopic (exact) mass is 275 g/mol. The van der Waals surface area contributed by atoms with Gasteiger partial charge in [-0.2, -0.15) is 5.21 Å². The molecule has 4 aliphatic carbocycles. The summed E-state index contributed by atoms with van der Waals surface area (Å²) in [6, 6.07) is 0. The molecule has 2 unspecified atom stereocenters. The van der Waals surface area contributed by atoms with Gasteiger partial charge >= 0.3 is 0 Å². The lowest BCUT2D eigenvalue weighted by molar-refractivity contribution is -0.165. The van der Waals surface area contributed by atoms with Crippen molar-refractivity contribution in [3.63, 3.8) is 0 Å². The van der Waals surface area contributed by atoms with Crippen LogP contribution in [0.1, 0.15) is 52.4 Å². The summed E-state index contributed by atoms with van der Waals surface area (Å²) >= 11 is 0. The molecule has 2 N–H and O–H groups in total. The smallest absolute Gasteiger partial charge is 0.269 e. The number of nitrogens with zero attached hydrogens (tertiary/aromatic N) is 3. The van der Waals surface area contributed by atoms with Gasteiger partial charge in [0.25, 0.3) is 5.95 Å². The van der Waals surface area contributed by atoms with Crippen molar-refractivity contribution in [3.8, 4) is 0 Å². The van der Waals surface area contributed by atoms with Crippen molar-refractivity contribution in [1.29, 1.82) is 0 Å². The highest BCUT2D eigenvalue weighted by atomic mass is 16.2. The van der Waals surface area contributed by atoms with Crippen LogP contribution in [0.5, 0.6) is 0 Å². The van der Waals surface area contributed by atoms with Gasteiger partial charge in [0, 0.05) is 0 Å². The normalized spacial score (nSPS) is 45.6. The van der Waals surface area contributed by atoms with Gasteiger partial charge in [0.05, 0.1) is 5.41 Å². The van der Waals surface area contributed by atoms with E-state index in [2.05, 4.69) is 39.8 Å². The zero-order chi connectivity index (χ0) is 14.0. The number of aromatic amines is 1. The van der Waals surface area contributed by atoms with Crippen LogP contribution in [0.25, 0.3) is 0 Å². The van der Waals surface area contributed by atoms with Crippen molar-refractivity contribution in [2.75, 3.05) is 5.32 Å². The third-order valence-electron chi connectivity index (χ3n) is 5.68. The summed E-state index contributed by atoms with van der Waals surface area (Å²) in [7, 11) is 0. The van der Waals surface area contributed by atoms with Crippen LogP contribution in [0, 0.1) is 22.2 Å². The lowest BCUT2D eigenvalue weighted by atomic mass is 9.40. The first-order valence-electron chi connectivity index (χ1n) is 7.46. The second-order valence-electron chi connectivity index (χ2n) is 8.10. The number of tetrazole rings is 1. The van der Waals surface area contributed by atoms with Crippen LogP contribution < -0.4 is 5.32 Å². The Kier molecular flexibility index (Phi) is 2.21. The van der Waals surface area contributed by atoms with E-state index in [0.717, 1.165) is 19.3 Å². The van der Waals surface area contributed by atoms with E-state index in [4.69, 9.17) is 0 Å². The molecule has 1 amide bonds. The molecule has 4 fully saturated rings. The zero-order valence-corrected chi connectivity index (χ0v) is 12.1. The fourth-order valence-electron chi connectivity index (χ4n) is 6.15. The maximum absolute atomic E-state index is 12.8. The van der Waals surface area contributed by atoms with E-state index in [1.54, 1.807) is 0 Å². The van der Waals surface area contributed by atoms with E-state index >= 15 is 0 Å². The molecule has 4 saturated carbocycles. The number of rotatable bonds is 2. The predicted octanol–water partition coefficient (Wildman–Crippen LogP) is 2.13. The molecule has 20 heavy (non-hydrogen) atoms. The predicted molar refractivity (Wildman–Crippen MR) is 72.6 cm³/mol. The number of H-pyrrole nitrogens is 1. The SMILES string of the molecule is C[C@]12CC3CC(C(=O)Nc4nn[nH]n4)(C1)C[C@@](C)(C3)C2. The molecule has 1 aromatic rings. The lowest BCUT2D eigenvalue weighted by Gasteiger charge is -2.64. The Bertz CT molecular complexity index is 536. The molecule has 0 aliphatic heterocycles. The van der Waals surface area contributed by atoms with E-state index in [0.29, 0.717) is 22.7 Å². The molecule has 0 radical (unpaired) electrons. The minimum absolute atomic E-state index is 0.0976. The molecule has 1 heterocycles. The molecule has 0 spiro atoms. The molecule has 1 aromatic heterocycles. The Morgan fingerprint density at radius 3 is 2.45 bits per heavy atom. The Labute approximate surface area is 118 Å². The summed E-state index contributed by atoms with van der Waals surface area (Å²) in [5.74, 6) is 1.10. The topological polar surface area (TPSA) is 83.6 Å². The van der Waals surface area contributed by atoms with Gasteiger partial charge in [-0.15, -0.1) is 5.10 Å². The van der Waals surface area contributed by atoms with Crippen LogP contribution >= 0.6 is 0 Å². The summed E-state index contributed by atoms with van der Waals surface area (Å²) in [6.07, 6.45) is 6.90. The maximum atomic E-state index is 12.8. The van der Waals surface area contributed by atoms with E-state index < -0.39 is 0 Å². The number of amides is 1. The summed E-state index contributed by atoms with van der Waals surface area (Å²) < 4.78 is 0. The second kappa shape index (κ2) is 3.59. The second-order valence-corrected chi connectivity index (χ2v) is 8.10. The summed E-state index contributed by atoms with van der Waals surface area (Å²) in [6.45, 7) is 4.73. The highest BCUT2D eigenvalue weighted by Gasteiger charge is 2.62. The first-order valence-corrected chi connectivity index (χ1v) is 7.46. The van der Waals surface area contributed by atoms with Gasteiger partial charge in [0.15, 0.2) is 0 Å². The molecule has 5 rings (SSSR count). The van der Waals surface area contributed by atoms with Crippen LogP contribution in [0.3, 0.4) is 0 Å². The van der Waals surface area contributed by atoms with Crippen molar-refractivity contribution < 1.29 is 4.79 Å². The highest BCUT2D eigenvalue weighted by molar-refractivity contribution is 5.94. The fourth-order valence-corrected chi connectivity index (χ4v) is 6.15. The minimum Gasteiger partial charge on any atom is -0.291 e. The first-order chi connectivity index (χ1) is 9.41. The van der Waals surface area contributed by atoms with Crippen molar-refractivity contribution in [2.45, 2.75) is 52.4 Å². The van der Waals surface area contributed by atoms with Crippen molar-refractivity contribution >= 4 is 11.9 Å². The van der Waals surface area contributed by atoms with Crippen molar-refractivity contribution in [1.82, 2.24) is 20.6 Å². The molecule has 4 atom stereocenters. The molecule has 4 aliphatic rings. The van der Waals surface area contributed by atoms with Gasteiger partial charge < -0.3 is 0 Å². The average molecular weight is 275 g/mol. The molecule has 6 nitrogen and oxygen atoms in total. The number of carbonyl (C=O) groups is 1. The Balaban J connectivity index is 1.65. The number of nitrogens with one attached hydrogen (secondary N) is 2. The van der Waals surface area contributed by atoms with Gasteiger partial charge in [-0.1, -0.05) is 18.9 Å². The van der Waals surface area contributed by atoms with E-state index in [9.17, 15) is 4.79 Å². The summed E-state index contributed by atoms with van der Waals surface area (Å²) in [5.41, 5.74) is 0.453. The average Bonchev–Trinajstić information content (AvgIpc) is 2.76. The Morgan fingerprint density at radius 2 is 1.90 bits per heavy atom. The minimum atomic E-state index is -0.219. The highest BCUT2D eigenvalue weighted by Crippen LogP contribution is 2.69. The third-order valence-corrected chi connectivity index (χ3v) is 5.68. The fraction of sp³-hybridized carbons (Fsp3) is 0.857. The largest absolute Gasteiger partial charge is 0.291 e. The lowest BCUT2D eigenvalue weighted by Crippen LogP contribution is -2.58. The summed E-state index contributed by atoms with van der Waals surface area (Å²) in [4.78, 5) is 12.8. The number of hydrogen-bond donors (Lipinski definition) is 2. The van der Waals surface area contributed by atoms with Crippen molar-refractivity contribution in [2.24, 2.45) is 22.2 Å². The van der Waals surface area contributed by atoms with Gasteiger partial charge in [0.1, 0.15) is 0 Å². The van der Waals surface area contributed by atoms with Gasteiger partial charge in [-0.25, -0.2) is 0 Å². The quantitative estimate of drug-likeness (QED) is 0.866. The van der Waals surface area contributed by atoms with Crippen LogP contribution in [-0.4, -0.2) is 26.5 Å². The molecular weight excluding hydrogens is 254 g/mol. The molecule has 6 heteroatoms. The molecular formula is C14H21N5O. The van der Waals surface area contributed by atoms with E-state index in [1.807, 2.05) is 0 Å². The number of carbonyl (C=O) groups excluding carboxylic acids is 1. The van der Waals surface area contributed by atoms with Crippen LogP contribution in [0.4, 0.5) is 5.95 Å². The Hall–Kier alpha value is -1.46. The standard InChI is InChI=1S/C14H21N5O/c1-12-3-9-4-13(2,6-12)8-14(5-9,7-12)10(20)15-11-16-18-19-17-11/h9H,3-8H2,1-2H3,(H2,15,16,17,18,19,20)/t9?,12-,13+,14?. The number of aromatic nitrogens is 4. The van der Waals surface area contributed by atoms with Crippen LogP contribution in [0.15, 0.2) is 0 Å². The van der Waals surface area contributed by atoms with Crippen LogP contribution in [-0.2, 0) is 4.79 Å².